The predicted octanol–water partition coefficient (Wildman–Crippen LogP) is 1.55. The van der Waals surface area contributed by atoms with Gasteiger partial charge in [-0.1, -0.05) is 60.7 Å². The monoisotopic (exact) mass is 424 g/mol. The molecular weight excluding hydrogens is 392 g/mol. The molecular formula is C24H32N4O3. The summed E-state index contributed by atoms with van der Waals surface area (Å²) in [4.78, 5) is 29.4. The van der Waals surface area contributed by atoms with Crippen molar-refractivity contribution in [3.05, 3.63) is 71.8 Å². The van der Waals surface area contributed by atoms with Crippen molar-refractivity contribution in [3.8, 4) is 0 Å². The Balaban J connectivity index is 1.69. The molecule has 3 N–H and O–H groups in total. The van der Waals surface area contributed by atoms with Crippen LogP contribution in [0.5, 0.6) is 0 Å². The summed E-state index contributed by atoms with van der Waals surface area (Å²) < 4.78 is 5.42. The summed E-state index contributed by atoms with van der Waals surface area (Å²) in [5.41, 5.74) is 7.66. The van der Waals surface area contributed by atoms with Crippen LogP contribution in [0.4, 0.5) is 0 Å². The lowest BCUT2D eigenvalue weighted by atomic mass is 10.0. The van der Waals surface area contributed by atoms with Gasteiger partial charge in [0, 0.05) is 26.2 Å². The van der Waals surface area contributed by atoms with Crippen molar-refractivity contribution < 1.29 is 14.3 Å². The number of nitrogens with zero attached hydrogens (tertiary/aromatic N) is 2. The minimum absolute atomic E-state index is 0.205. The molecule has 2 aromatic carbocycles. The van der Waals surface area contributed by atoms with Crippen LogP contribution in [-0.4, -0.2) is 67.6 Å². The fourth-order valence-corrected chi connectivity index (χ4v) is 3.90. The fourth-order valence-electron chi connectivity index (χ4n) is 3.90. The molecule has 1 unspecified atom stereocenters. The number of primary amides is 1. The van der Waals surface area contributed by atoms with Crippen LogP contribution in [0.2, 0.25) is 0 Å². The summed E-state index contributed by atoms with van der Waals surface area (Å²) in [5.74, 6) is -1.03. The van der Waals surface area contributed by atoms with E-state index in [9.17, 15) is 9.59 Å². The maximum atomic E-state index is 13.2. The second-order valence-electron chi connectivity index (χ2n) is 7.92. The Morgan fingerprint density at radius 3 is 2.29 bits per heavy atom. The second kappa shape index (κ2) is 11.6. The van der Waals surface area contributed by atoms with Gasteiger partial charge in [0.15, 0.2) is 6.04 Å². The quantitative estimate of drug-likeness (QED) is 0.565. The van der Waals surface area contributed by atoms with Gasteiger partial charge < -0.3 is 15.8 Å². The Morgan fingerprint density at radius 1 is 1.06 bits per heavy atom. The molecule has 1 heterocycles. The molecule has 7 nitrogen and oxygen atoms in total. The zero-order valence-electron chi connectivity index (χ0n) is 18.1. The average Bonchev–Trinajstić information content (AvgIpc) is 2.78. The van der Waals surface area contributed by atoms with E-state index in [4.69, 9.17) is 10.5 Å². The first-order valence-electron chi connectivity index (χ1n) is 10.7. The molecule has 1 aliphatic heterocycles. The smallest absolute Gasteiger partial charge is 0.247 e. The molecule has 0 aromatic heterocycles. The Labute approximate surface area is 184 Å². The Hall–Kier alpha value is -2.74. The number of benzene rings is 2. The summed E-state index contributed by atoms with van der Waals surface area (Å²) in [6.45, 7) is 4.53. The van der Waals surface area contributed by atoms with E-state index in [1.165, 1.54) is 0 Å². The molecule has 2 amide bonds. The number of ether oxygens (including phenoxy) is 1. The van der Waals surface area contributed by atoms with Crippen LogP contribution in [0.1, 0.15) is 23.6 Å². The van der Waals surface area contributed by atoms with Crippen molar-refractivity contribution in [2.45, 2.75) is 25.0 Å². The highest BCUT2D eigenvalue weighted by molar-refractivity contribution is 6.03. The lowest BCUT2D eigenvalue weighted by Crippen LogP contribution is -2.53. The largest absolute Gasteiger partial charge is 0.379 e. The van der Waals surface area contributed by atoms with Crippen molar-refractivity contribution in [1.29, 1.82) is 0 Å². The molecule has 1 fully saturated rings. The highest BCUT2D eigenvalue weighted by Crippen LogP contribution is 2.18. The lowest BCUT2D eigenvalue weighted by molar-refractivity contribution is -0.135. The molecule has 0 spiro atoms. The number of nitrogens with one attached hydrogen (secondary N) is 1. The summed E-state index contributed by atoms with van der Waals surface area (Å²) in [6, 6.07) is 18.3. The van der Waals surface area contributed by atoms with Gasteiger partial charge in [0.2, 0.25) is 11.8 Å². The minimum atomic E-state index is -1.05. The normalized spacial score (nSPS) is 16.6. The van der Waals surface area contributed by atoms with Gasteiger partial charge in [-0.05, 0) is 24.6 Å². The number of carbonyl (C=O) groups is 2. The molecule has 0 saturated carbocycles. The zero-order valence-corrected chi connectivity index (χ0v) is 18.1. The van der Waals surface area contributed by atoms with E-state index in [-0.39, 0.29) is 11.9 Å². The Morgan fingerprint density at radius 2 is 1.68 bits per heavy atom. The van der Waals surface area contributed by atoms with Gasteiger partial charge in [0.05, 0.1) is 19.3 Å². The van der Waals surface area contributed by atoms with Crippen molar-refractivity contribution in [2.24, 2.45) is 5.73 Å². The van der Waals surface area contributed by atoms with E-state index in [1.54, 1.807) is 11.9 Å². The first-order chi connectivity index (χ1) is 15.0. The van der Waals surface area contributed by atoms with E-state index < -0.39 is 11.9 Å². The average molecular weight is 425 g/mol. The third-order valence-electron chi connectivity index (χ3n) is 5.59. The standard InChI is InChI=1S/C24H32N4O3/c1-27(18-19-8-4-2-5-9-19)22(23(25)29)24(30)26-21(20-10-6-3-7-11-20)12-13-28-14-16-31-17-15-28/h2-11,21-22H,12-18H2,1H3,(H2,25,29)(H,26,30)/t21?,22-/m0/s1. The van der Waals surface area contributed by atoms with Crippen molar-refractivity contribution in [1.82, 2.24) is 15.1 Å². The maximum Gasteiger partial charge on any atom is 0.247 e. The number of carbonyl (C=O) groups excluding carboxylic acids is 2. The van der Waals surface area contributed by atoms with Gasteiger partial charge in [0.25, 0.3) is 0 Å². The van der Waals surface area contributed by atoms with Crippen LogP contribution in [0, 0.1) is 0 Å². The summed E-state index contributed by atoms with van der Waals surface area (Å²) in [5, 5.41) is 3.08. The molecule has 31 heavy (non-hydrogen) atoms. The molecule has 2 atom stereocenters. The molecule has 2 aromatic rings. The summed E-state index contributed by atoms with van der Waals surface area (Å²) in [7, 11) is 1.74. The van der Waals surface area contributed by atoms with Crippen LogP contribution < -0.4 is 11.1 Å². The van der Waals surface area contributed by atoms with E-state index in [0.717, 1.165) is 50.4 Å². The molecule has 1 aliphatic rings. The van der Waals surface area contributed by atoms with E-state index in [1.807, 2.05) is 60.7 Å². The number of rotatable bonds is 10. The zero-order chi connectivity index (χ0) is 22.1. The number of morpholine rings is 1. The number of nitrogens with two attached hydrogens (primary N) is 1. The molecule has 7 heteroatoms. The first-order valence-corrected chi connectivity index (χ1v) is 10.7. The molecule has 166 valence electrons. The number of hydrogen-bond acceptors (Lipinski definition) is 5. The van der Waals surface area contributed by atoms with E-state index >= 15 is 0 Å². The summed E-state index contributed by atoms with van der Waals surface area (Å²) >= 11 is 0. The molecule has 0 radical (unpaired) electrons. The van der Waals surface area contributed by atoms with Crippen LogP contribution >= 0.6 is 0 Å². The third kappa shape index (κ3) is 6.89. The van der Waals surface area contributed by atoms with Crippen LogP contribution in [-0.2, 0) is 20.9 Å². The molecule has 0 bridgehead atoms. The highest BCUT2D eigenvalue weighted by Gasteiger charge is 2.31. The van der Waals surface area contributed by atoms with Gasteiger partial charge >= 0.3 is 0 Å². The number of amides is 2. The fraction of sp³-hybridized carbons (Fsp3) is 0.417. The minimum Gasteiger partial charge on any atom is -0.379 e. The van der Waals surface area contributed by atoms with Crippen LogP contribution in [0.25, 0.3) is 0 Å². The molecule has 1 saturated heterocycles. The van der Waals surface area contributed by atoms with Gasteiger partial charge in [-0.2, -0.15) is 0 Å². The van der Waals surface area contributed by atoms with E-state index in [2.05, 4.69) is 10.2 Å². The predicted molar refractivity (Wildman–Crippen MR) is 120 cm³/mol. The molecule has 0 aliphatic carbocycles. The van der Waals surface area contributed by atoms with Gasteiger partial charge in [0.1, 0.15) is 0 Å². The highest BCUT2D eigenvalue weighted by atomic mass is 16.5. The maximum absolute atomic E-state index is 13.2. The van der Waals surface area contributed by atoms with E-state index in [0.29, 0.717) is 6.54 Å². The summed E-state index contributed by atoms with van der Waals surface area (Å²) in [6.07, 6.45) is 0.740. The number of likely N-dealkylation sites (N-methyl/N-ethyl adjacent to an activating group) is 1. The lowest BCUT2D eigenvalue weighted by Gasteiger charge is -2.30. The topological polar surface area (TPSA) is 87.9 Å². The van der Waals surface area contributed by atoms with Gasteiger partial charge in [-0.25, -0.2) is 0 Å². The molecule has 3 rings (SSSR count). The number of hydrogen-bond donors (Lipinski definition) is 2. The first kappa shape index (κ1) is 22.9. The van der Waals surface area contributed by atoms with Crippen molar-refractivity contribution in [2.75, 3.05) is 39.9 Å². The Bertz CT molecular complexity index is 825. The van der Waals surface area contributed by atoms with Crippen LogP contribution in [0.15, 0.2) is 60.7 Å². The van der Waals surface area contributed by atoms with Gasteiger partial charge in [-0.15, -0.1) is 0 Å². The van der Waals surface area contributed by atoms with Crippen molar-refractivity contribution in [3.63, 3.8) is 0 Å². The SMILES string of the molecule is CN(Cc1ccccc1)[C@@H](C(N)=O)C(=O)NC(CCN1CCOCC1)c1ccccc1. The third-order valence-corrected chi connectivity index (χ3v) is 5.59. The van der Waals surface area contributed by atoms with Gasteiger partial charge in [-0.3, -0.25) is 19.4 Å². The Kier molecular flexibility index (Phi) is 8.58. The second-order valence-corrected chi connectivity index (χ2v) is 7.92. The van der Waals surface area contributed by atoms with Crippen LogP contribution in [0.3, 0.4) is 0 Å². The van der Waals surface area contributed by atoms with Crippen molar-refractivity contribution >= 4 is 11.8 Å².